The Morgan fingerprint density at radius 2 is 1.86 bits per heavy atom. The molecule has 0 aliphatic carbocycles. The first-order valence-electron chi connectivity index (χ1n) is 6.15. The van der Waals surface area contributed by atoms with Crippen LogP contribution < -0.4 is 5.32 Å². The minimum Gasteiger partial charge on any atom is -0.390 e. The smallest absolute Gasteiger partial charge is 0.390 e. The number of alkyl halides is 3. The molecule has 0 fully saturated rings. The summed E-state index contributed by atoms with van der Waals surface area (Å²) in [6.07, 6.45) is -2.19. The summed E-state index contributed by atoms with van der Waals surface area (Å²) >= 11 is -0.245. The molecule has 1 aromatic rings. The molecule has 0 aliphatic rings. The van der Waals surface area contributed by atoms with Gasteiger partial charge in [0.25, 0.3) is 0 Å². The lowest BCUT2D eigenvalue weighted by Gasteiger charge is -2.18. The first kappa shape index (κ1) is 17.8. The largest absolute Gasteiger partial charge is 0.446 e. The second-order valence-corrected chi connectivity index (χ2v) is 5.54. The van der Waals surface area contributed by atoms with Crippen LogP contribution in [0.25, 0.3) is 0 Å². The average molecular weight is 323 g/mol. The van der Waals surface area contributed by atoms with Crippen molar-refractivity contribution in [2.45, 2.75) is 36.0 Å². The van der Waals surface area contributed by atoms with Crippen molar-refractivity contribution < 1.29 is 28.2 Å². The van der Waals surface area contributed by atoms with Crippen LogP contribution in [0.3, 0.4) is 0 Å². The van der Waals surface area contributed by atoms with E-state index >= 15 is 0 Å². The van der Waals surface area contributed by atoms with Gasteiger partial charge < -0.3 is 15.5 Å². The van der Waals surface area contributed by atoms with Gasteiger partial charge in [0.1, 0.15) is 6.10 Å². The van der Waals surface area contributed by atoms with Crippen molar-refractivity contribution in [3.05, 3.63) is 29.8 Å². The Morgan fingerprint density at radius 3 is 2.33 bits per heavy atom. The molecule has 0 saturated heterocycles. The molecule has 0 aromatic heterocycles. The van der Waals surface area contributed by atoms with E-state index in [2.05, 4.69) is 5.32 Å². The molecule has 21 heavy (non-hydrogen) atoms. The number of hydrogen-bond donors (Lipinski definition) is 3. The standard InChI is InChI=1S/C13H16F3NO3S/c1-8(18)17-7-6-11(19)12(20)9-2-4-10(5-3-9)21-13(14,15)16/h2-5,11-12,19-20H,6-7H2,1H3,(H,17,18). The summed E-state index contributed by atoms with van der Waals surface area (Å²) < 4.78 is 36.5. The SMILES string of the molecule is CC(=O)NCCC(O)C(O)c1ccc(SC(F)(F)F)cc1. The Hall–Kier alpha value is -1.25. The molecule has 2 atom stereocenters. The van der Waals surface area contributed by atoms with E-state index in [4.69, 9.17) is 0 Å². The maximum atomic E-state index is 12.2. The van der Waals surface area contributed by atoms with Gasteiger partial charge in [0.05, 0.1) is 6.10 Å². The molecule has 0 radical (unpaired) electrons. The molecule has 4 nitrogen and oxygen atoms in total. The zero-order valence-corrected chi connectivity index (χ0v) is 12.0. The molecule has 1 aromatic carbocycles. The lowest BCUT2D eigenvalue weighted by Crippen LogP contribution is -2.27. The van der Waals surface area contributed by atoms with E-state index in [9.17, 15) is 28.2 Å². The van der Waals surface area contributed by atoms with E-state index in [1.807, 2.05) is 0 Å². The summed E-state index contributed by atoms with van der Waals surface area (Å²) in [6, 6.07) is 5.13. The molecule has 118 valence electrons. The quantitative estimate of drug-likeness (QED) is 0.702. The molecular formula is C13H16F3NO3S. The van der Waals surface area contributed by atoms with E-state index in [1.54, 1.807) is 0 Å². The van der Waals surface area contributed by atoms with Gasteiger partial charge >= 0.3 is 5.51 Å². The molecule has 2 unspecified atom stereocenters. The van der Waals surface area contributed by atoms with Crippen LogP contribution in [0.5, 0.6) is 0 Å². The van der Waals surface area contributed by atoms with Crippen molar-refractivity contribution >= 4 is 17.7 Å². The average Bonchev–Trinajstić information content (AvgIpc) is 2.36. The van der Waals surface area contributed by atoms with E-state index in [1.165, 1.54) is 31.2 Å². The first-order valence-corrected chi connectivity index (χ1v) is 6.97. The van der Waals surface area contributed by atoms with Gasteiger partial charge in [-0.3, -0.25) is 4.79 Å². The van der Waals surface area contributed by atoms with Gasteiger partial charge in [-0.25, -0.2) is 0 Å². The summed E-state index contributed by atoms with van der Waals surface area (Å²) in [7, 11) is 0. The molecule has 1 rings (SSSR count). The summed E-state index contributed by atoms with van der Waals surface area (Å²) in [6.45, 7) is 1.54. The molecule has 0 spiro atoms. The second-order valence-electron chi connectivity index (χ2n) is 4.40. The number of carbonyl (C=O) groups is 1. The minimum atomic E-state index is -4.36. The molecule has 8 heteroatoms. The Morgan fingerprint density at radius 1 is 1.29 bits per heavy atom. The van der Waals surface area contributed by atoms with Crippen LogP contribution >= 0.6 is 11.8 Å². The Bertz CT molecular complexity index is 465. The van der Waals surface area contributed by atoms with Gasteiger partial charge in [0, 0.05) is 18.4 Å². The summed E-state index contributed by atoms with van der Waals surface area (Å²) in [5.74, 6) is -0.245. The first-order chi connectivity index (χ1) is 9.69. The Kier molecular flexibility index (Phi) is 6.50. The van der Waals surface area contributed by atoms with Crippen LogP contribution in [0, 0.1) is 0 Å². The second kappa shape index (κ2) is 7.67. The molecule has 0 bridgehead atoms. The van der Waals surface area contributed by atoms with E-state index in [0.717, 1.165) is 0 Å². The van der Waals surface area contributed by atoms with Crippen LogP contribution in [0.15, 0.2) is 29.2 Å². The van der Waals surface area contributed by atoms with Crippen molar-refractivity contribution in [1.82, 2.24) is 5.32 Å². The fourth-order valence-corrected chi connectivity index (χ4v) is 2.18. The maximum Gasteiger partial charge on any atom is 0.446 e. The summed E-state index contributed by atoms with van der Waals surface area (Å²) in [5.41, 5.74) is -4.05. The number of thioether (sulfide) groups is 1. The van der Waals surface area contributed by atoms with Crippen LogP contribution in [0.4, 0.5) is 13.2 Å². The minimum absolute atomic E-state index is 0.00573. The van der Waals surface area contributed by atoms with Crippen molar-refractivity contribution in [3.8, 4) is 0 Å². The Balaban J connectivity index is 2.57. The fraction of sp³-hybridized carbons (Fsp3) is 0.462. The van der Waals surface area contributed by atoms with Crippen molar-refractivity contribution in [3.63, 3.8) is 0 Å². The highest BCUT2D eigenvalue weighted by Gasteiger charge is 2.29. The third kappa shape index (κ3) is 6.83. The third-order valence-corrected chi connectivity index (χ3v) is 3.37. The lowest BCUT2D eigenvalue weighted by atomic mass is 10.0. The van der Waals surface area contributed by atoms with Crippen molar-refractivity contribution in [2.24, 2.45) is 0 Å². The number of aliphatic hydroxyl groups is 2. The number of rotatable bonds is 6. The molecule has 0 heterocycles. The zero-order valence-electron chi connectivity index (χ0n) is 11.2. The van der Waals surface area contributed by atoms with Gasteiger partial charge in [0.2, 0.25) is 5.91 Å². The number of amides is 1. The zero-order chi connectivity index (χ0) is 16.0. The monoisotopic (exact) mass is 323 g/mol. The maximum absolute atomic E-state index is 12.2. The number of carbonyl (C=O) groups excluding carboxylic acids is 1. The topological polar surface area (TPSA) is 69.6 Å². The predicted octanol–water partition coefficient (Wildman–Crippen LogP) is 2.22. The number of hydrogen-bond acceptors (Lipinski definition) is 4. The third-order valence-electron chi connectivity index (χ3n) is 2.63. The highest BCUT2D eigenvalue weighted by atomic mass is 32.2. The van der Waals surface area contributed by atoms with Crippen LogP contribution in [0.1, 0.15) is 25.0 Å². The highest BCUT2D eigenvalue weighted by Crippen LogP contribution is 2.37. The summed E-state index contributed by atoms with van der Waals surface area (Å²) in [5, 5.41) is 22.1. The van der Waals surface area contributed by atoms with Crippen LogP contribution in [0.2, 0.25) is 0 Å². The van der Waals surface area contributed by atoms with Gasteiger partial charge in [0.15, 0.2) is 0 Å². The number of nitrogens with one attached hydrogen (secondary N) is 1. The number of aliphatic hydroxyl groups excluding tert-OH is 2. The fourth-order valence-electron chi connectivity index (χ4n) is 1.64. The highest BCUT2D eigenvalue weighted by molar-refractivity contribution is 8.00. The van der Waals surface area contributed by atoms with Crippen molar-refractivity contribution in [2.75, 3.05) is 6.54 Å². The van der Waals surface area contributed by atoms with Crippen molar-refractivity contribution in [1.29, 1.82) is 0 Å². The molecule has 3 N–H and O–H groups in total. The van der Waals surface area contributed by atoms with Crippen LogP contribution in [-0.4, -0.2) is 34.3 Å². The molecule has 0 aliphatic heterocycles. The number of benzene rings is 1. The Labute approximate surface area is 124 Å². The normalized spacial score (nSPS) is 14.6. The molecule has 0 saturated carbocycles. The van der Waals surface area contributed by atoms with E-state index in [0.29, 0.717) is 5.56 Å². The van der Waals surface area contributed by atoms with Gasteiger partial charge in [-0.1, -0.05) is 12.1 Å². The number of halogens is 3. The van der Waals surface area contributed by atoms with Gasteiger partial charge in [-0.2, -0.15) is 13.2 Å². The molecular weight excluding hydrogens is 307 g/mol. The lowest BCUT2D eigenvalue weighted by molar-refractivity contribution is -0.119. The predicted molar refractivity (Wildman–Crippen MR) is 72.6 cm³/mol. The van der Waals surface area contributed by atoms with E-state index < -0.39 is 17.7 Å². The van der Waals surface area contributed by atoms with E-state index in [-0.39, 0.29) is 35.5 Å². The molecule has 1 amide bonds. The van der Waals surface area contributed by atoms with Gasteiger partial charge in [-0.05, 0) is 35.9 Å². The van der Waals surface area contributed by atoms with Crippen LogP contribution in [-0.2, 0) is 4.79 Å². The van der Waals surface area contributed by atoms with Gasteiger partial charge in [-0.15, -0.1) is 0 Å². The summed E-state index contributed by atoms with van der Waals surface area (Å²) in [4.78, 5) is 10.7.